The van der Waals surface area contributed by atoms with E-state index in [9.17, 15) is 4.79 Å². The van der Waals surface area contributed by atoms with E-state index in [4.69, 9.17) is 4.74 Å². The molecule has 0 aliphatic rings. The number of nitrogens with zero attached hydrogens (tertiary/aromatic N) is 2. The molecule has 1 heterocycles. The number of aryl methyl sites for hydroxylation is 2. The largest absolute Gasteiger partial charge is 0.495 e. The first kappa shape index (κ1) is 18.4. The molecule has 0 radical (unpaired) electrons. The monoisotopic (exact) mass is 362 g/mol. The molecule has 138 valence electrons. The van der Waals surface area contributed by atoms with Crippen LogP contribution >= 0.6 is 0 Å². The fraction of sp³-hybridized carbons (Fsp3) is 0.190. The van der Waals surface area contributed by atoms with Crippen LogP contribution in [0.4, 0.5) is 11.6 Å². The van der Waals surface area contributed by atoms with Crippen LogP contribution in [0.15, 0.2) is 54.9 Å². The second kappa shape index (κ2) is 8.31. The summed E-state index contributed by atoms with van der Waals surface area (Å²) in [5.74, 6) is 0.789. The summed E-state index contributed by atoms with van der Waals surface area (Å²) in [4.78, 5) is 20.9. The van der Waals surface area contributed by atoms with Crippen LogP contribution in [0.2, 0.25) is 0 Å². The first-order valence-corrected chi connectivity index (χ1v) is 8.62. The fourth-order valence-corrected chi connectivity index (χ4v) is 2.65. The first-order chi connectivity index (χ1) is 13.0. The van der Waals surface area contributed by atoms with Crippen LogP contribution in [0.1, 0.15) is 27.0 Å². The first-order valence-electron chi connectivity index (χ1n) is 8.62. The maximum atomic E-state index is 12.5. The minimum Gasteiger partial charge on any atom is -0.495 e. The maximum absolute atomic E-state index is 12.5. The molecule has 3 rings (SSSR count). The van der Waals surface area contributed by atoms with Crippen molar-refractivity contribution in [1.82, 2.24) is 9.97 Å². The molecular weight excluding hydrogens is 340 g/mol. The quantitative estimate of drug-likeness (QED) is 0.694. The lowest BCUT2D eigenvalue weighted by Crippen LogP contribution is -2.14. The van der Waals surface area contributed by atoms with Gasteiger partial charge in [0.1, 0.15) is 5.75 Å². The number of methoxy groups -OCH3 is 1. The predicted octanol–water partition coefficient (Wildman–Crippen LogP) is 3.97. The molecule has 1 amide bonds. The van der Waals surface area contributed by atoms with E-state index in [1.807, 2.05) is 37.3 Å². The maximum Gasteiger partial charge on any atom is 0.258 e. The number of amides is 1. The third kappa shape index (κ3) is 4.82. The predicted molar refractivity (Wildman–Crippen MR) is 106 cm³/mol. The van der Waals surface area contributed by atoms with E-state index in [2.05, 4.69) is 39.7 Å². The van der Waals surface area contributed by atoms with E-state index in [0.29, 0.717) is 29.5 Å². The average Bonchev–Trinajstić information content (AvgIpc) is 2.67. The van der Waals surface area contributed by atoms with E-state index < -0.39 is 0 Å². The number of nitrogens with one attached hydrogen (secondary N) is 2. The van der Waals surface area contributed by atoms with Gasteiger partial charge < -0.3 is 15.4 Å². The van der Waals surface area contributed by atoms with Gasteiger partial charge >= 0.3 is 0 Å². The number of ether oxygens (including phenoxy) is 1. The minimum absolute atomic E-state index is 0.288. The molecule has 3 aromatic rings. The molecule has 0 spiro atoms. The molecule has 0 atom stereocenters. The number of anilines is 2. The van der Waals surface area contributed by atoms with Crippen molar-refractivity contribution in [2.24, 2.45) is 0 Å². The Morgan fingerprint density at radius 1 is 1.04 bits per heavy atom. The van der Waals surface area contributed by atoms with Crippen LogP contribution in [0.5, 0.6) is 5.75 Å². The van der Waals surface area contributed by atoms with Crippen molar-refractivity contribution in [2.45, 2.75) is 20.4 Å². The van der Waals surface area contributed by atoms with E-state index >= 15 is 0 Å². The van der Waals surface area contributed by atoms with Crippen LogP contribution in [-0.4, -0.2) is 23.0 Å². The van der Waals surface area contributed by atoms with Gasteiger partial charge in [0.15, 0.2) is 0 Å². The number of hydrogen-bond acceptors (Lipinski definition) is 5. The number of aromatic nitrogens is 2. The molecule has 0 saturated carbocycles. The number of hydrogen-bond donors (Lipinski definition) is 2. The second-order valence-corrected chi connectivity index (χ2v) is 6.30. The second-order valence-electron chi connectivity index (χ2n) is 6.30. The summed E-state index contributed by atoms with van der Waals surface area (Å²) in [5, 5.41) is 5.99. The third-order valence-electron chi connectivity index (χ3n) is 4.05. The molecule has 0 aliphatic heterocycles. The molecular formula is C21H22N4O2. The van der Waals surface area contributed by atoms with E-state index in [1.165, 1.54) is 18.0 Å². The van der Waals surface area contributed by atoms with Gasteiger partial charge in [0, 0.05) is 18.9 Å². The van der Waals surface area contributed by atoms with Crippen molar-refractivity contribution < 1.29 is 9.53 Å². The van der Waals surface area contributed by atoms with Gasteiger partial charge in [-0.2, -0.15) is 0 Å². The van der Waals surface area contributed by atoms with Crippen LogP contribution in [-0.2, 0) is 6.54 Å². The molecule has 6 nitrogen and oxygen atoms in total. The average molecular weight is 362 g/mol. The Morgan fingerprint density at radius 3 is 2.48 bits per heavy atom. The highest BCUT2D eigenvalue weighted by Gasteiger charge is 2.11. The van der Waals surface area contributed by atoms with Gasteiger partial charge in [0.05, 0.1) is 18.4 Å². The van der Waals surface area contributed by atoms with Gasteiger partial charge in [-0.25, -0.2) is 9.97 Å². The normalized spacial score (nSPS) is 10.3. The number of carbonyl (C=O) groups is 1. The molecule has 1 aromatic heterocycles. The SMILES string of the molecule is COc1ccc(C)cc1NC(=O)c1cnc(NCc2cccc(C)c2)nc1. The Kier molecular flexibility index (Phi) is 5.66. The van der Waals surface area contributed by atoms with Gasteiger partial charge in [-0.05, 0) is 37.1 Å². The van der Waals surface area contributed by atoms with Crippen molar-refractivity contribution in [1.29, 1.82) is 0 Å². The summed E-state index contributed by atoms with van der Waals surface area (Å²) < 4.78 is 5.28. The van der Waals surface area contributed by atoms with Crippen molar-refractivity contribution >= 4 is 17.5 Å². The van der Waals surface area contributed by atoms with Crippen molar-refractivity contribution in [3.05, 3.63) is 77.1 Å². The molecule has 0 saturated heterocycles. The smallest absolute Gasteiger partial charge is 0.258 e. The Balaban J connectivity index is 1.64. The van der Waals surface area contributed by atoms with Gasteiger partial charge in [-0.1, -0.05) is 35.9 Å². The number of carbonyl (C=O) groups excluding carboxylic acids is 1. The summed E-state index contributed by atoms with van der Waals surface area (Å²) >= 11 is 0. The Bertz CT molecular complexity index is 939. The lowest BCUT2D eigenvalue weighted by Gasteiger charge is -2.11. The zero-order valence-electron chi connectivity index (χ0n) is 15.6. The summed E-state index contributed by atoms with van der Waals surface area (Å²) in [6.45, 7) is 4.62. The summed E-state index contributed by atoms with van der Waals surface area (Å²) in [6.07, 6.45) is 3.01. The van der Waals surface area contributed by atoms with Crippen LogP contribution in [0.3, 0.4) is 0 Å². The molecule has 27 heavy (non-hydrogen) atoms. The summed E-state index contributed by atoms with van der Waals surface area (Å²) in [5.41, 5.74) is 4.36. The molecule has 0 aliphatic carbocycles. The summed E-state index contributed by atoms with van der Waals surface area (Å²) in [7, 11) is 1.57. The highest BCUT2D eigenvalue weighted by Crippen LogP contribution is 2.25. The summed E-state index contributed by atoms with van der Waals surface area (Å²) in [6, 6.07) is 13.8. The van der Waals surface area contributed by atoms with Gasteiger partial charge in [0.25, 0.3) is 5.91 Å². The van der Waals surface area contributed by atoms with Crippen molar-refractivity contribution in [3.8, 4) is 5.75 Å². The van der Waals surface area contributed by atoms with Crippen LogP contribution < -0.4 is 15.4 Å². The fourth-order valence-electron chi connectivity index (χ4n) is 2.65. The van der Waals surface area contributed by atoms with E-state index in [1.54, 1.807) is 7.11 Å². The minimum atomic E-state index is -0.288. The molecule has 2 N–H and O–H groups in total. The van der Waals surface area contributed by atoms with E-state index in [0.717, 1.165) is 11.1 Å². The Labute approximate surface area is 158 Å². The van der Waals surface area contributed by atoms with Gasteiger partial charge in [-0.3, -0.25) is 4.79 Å². The molecule has 2 aromatic carbocycles. The van der Waals surface area contributed by atoms with E-state index in [-0.39, 0.29) is 5.91 Å². The number of rotatable bonds is 6. The van der Waals surface area contributed by atoms with Crippen LogP contribution in [0, 0.1) is 13.8 Å². The van der Waals surface area contributed by atoms with Crippen molar-refractivity contribution in [3.63, 3.8) is 0 Å². The van der Waals surface area contributed by atoms with Gasteiger partial charge in [0.2, 0.25) is 5.95 Å². The van der Waals surface area contributed by atoms with Crippen molar-refractivity contribution in [2.75, 3.05) is 17.7 Å². The lowest BCUT2D eigenvalue weighted by molar-refractivity contribution is 0.102. The topological polar surface area (TPSA) is 76.1 Å². The zero-order chi connectivity index (χ0) is 19.2. The molecule has 0 fully saturated rings. The molecule has 0 unspecified atom stereocenters. The Morgan fingerprint density at radius 2 is 1.78 bits per heavy atom. The zero-order valence-corrected chi connectivity index (χ0v) is 15.6. The standard InChI is InChI=1S/C21H22N4O2/c1-14-5-4-6-16(9-14)11-22-21-23-12-17(13-24-21)20(26)25-18-10-15(2)7-8-19(18)27-3/h4-10,12-13H,11H2,1-3H3,(H,25,26)(H,22,23,24). The lowest BCUT2D eigenvalue weighted by atomic mass is 10.1. The number of benzene rings is 2. The highest BCUT2D eigenvalue weighted by molar-refractivity contribution is 6.04. The Hall–Kier alpha value is -3.41. The molecule has 6 heteroatoms. The van der Waals surface area contributed by atoms with Crippen LogP contribution in [0.25, 0.3) is 0 Å². The molecule has 0 bridgehead atoms. The third-order valence-corrected chi connectivity index (χ3v) is 4.05. The van der Waals surface area contributed by atoms with Gasteiger partial charge in [-0.15, -0.1) is 0 Å². The highest BCUT2D eigenvalue weighted by atomic mass is 16.5.